The molecule has 1 aromatic carbocycles. The highest BCUT2D eigenvalue weighted by Crippen LogP contribution is 2.19. The van der Waals surface area contributed by atoms with Crippen LogP contribution in [-0.4, -0.2) is 24.7 Å². The number of aryl methyl sites for hydroxylation is 1. The fraction of sp³-hybridized carbons (Fsp3) is 0.467. The summed E-state index contributed by atoms with van der Waals surface area (Å²) in [6.45, 7) is 3.15. The summed E-state index contributed by atoms with van der Waals surface area (Å²) < 4.78 is 2.20. The summed E-state index contributed by atoms with van der Waals surface area (Å²) in [5.41, 5.74) is 2.70. The predicted octanol–water partition coefficient (Wildman–Crippen LogP) is 2.27. The Morgan fingerprint density at radius 3 is 2.72 bits per heavy atom. The molecule has 1 heterocycles. The topological polar surface area (TPSA) is 29.0 Å². The van der Waals surface area contributed by atoms with E-state index in [9.17, 15) is 0 Å². The molecule has 0 aliphatic rings. The SMILES string of the molecule is CNCCCCNCc1cn(C)c2ccccc12. The summed E-state index contributed by atoms with van der Waals surface area (Å²) >= 11 is 0. The second kappa shape index (κ2) is 6.57. The molecule has 0 amide bonds. The quantitative estimate of drug-likeness (QED) is 0.733. The molecular formula is C15H23N3. The van der Waals surface area contributed by atoms with Crippen molar-refractivity contribution in [3.05, 3.63) is 36.0 Å². The zero-order valence-electron chi connectivity index (χ0n) is 11.4. The standard InChI is InChI=1S/C15H23N3/c1-16-9-5-6-10-17-11-13-12-18(2)15-8-4-3-7-14(13)15/h3-4,7-8,12,16-17H,5-6,9-11H2,1-2H3. The molecular weight excluding hydrogens is 222 g/mol. The lowest BCUT2D eigenvalue weighted by atomic mass is 10.2. The van der Waals surface area contributed by atoms with Gasteiger partial charge in [-0.3, -0.25) is 0 Å². The van der Waals surface area contributed by atoms with Crippen LogP contribution in [0.5, 0.6) is 0 Å². The second-order valence-electron chi connectivity index (χ2n) is 4.77. The molecule has 0 unspecified atom stereocenters. The Labute approximate surface area is 109 Å². The maximum absolute atomic E-state index is 3.52. The molecule has 2 rings (SSSR count). The molecule has 0 fully saturated rings. The number of nitrogens with zero attached hydrogens (tertiary/aromatic N) is 1. The minimum atomic E-state index is 0.959. The van der Waals surface area contributed by atoms with Gasteiger partial charge in [0.1, 0.15) is 0 Å². The van der Waals surface area contributed by atoms with Crippen molar-refractivity contribution in [2.24, 2.45) is 7.05 Å². The summed E-state index contributed by atoms with van der Waals surface area (Å²) in [5.74, 6) is 0. The normalized spacial score (nSPS) is 11.2. The lowest BCUT2D eigenvalue weighted by Gasteiger charge is -2.03. The zero-order chi connectivity index (χ0) is 12.8. The van der Waals surface area contributed by atoms with Crippen LogP contribution in [0.2, 0.25) is 0 Å². The van der Waals surface area contributed by atoms with Crippen LogP contribution in [0.15, 0.2) is 30.5 Å². The maximum atomic E-state index is 3.52. The van der Waals surface area contributed by atoms with E-state index in [1.807, 2.05) is 7.05 Å². The van der Waals surface area contributed by atoms with Crippen LogP contribution in [0.1, 0.15) is 18.4 Å². The number of para-hydroxylation sites is 1. The van der Waals surface area contributed by atoms with Crippen LogP contribution in [0.4, 0.5) is 0 Å². The fourth-order valence-corrected chi connectivity index (χ4v) is 2.34. The molecule has 0 spiro atoms. The van der Waals surface area contributed by atoms with E-state index < -0.39 is 0 Å². The number of unbranched alkanes of at least 4 members (excludes halogenated alkanes) is 1. The first-order chi connectivity index (χ1) is 8.83. The first kappa shape index (κ1) is 13.1. The van der Waals surface area contributed by atoms with E-state index in [1.54, 1.807) is 0 Å². The van der Waals surface area contributed by atoms with E-state index >= 15 is 0 Å². The molecule has 2 aromatic rings. The first-order valence-corrected chi connectivity index (χ1v) is 6.71. The highest BCUT2D eigenvalue weighted by atomic mass is 14.9. The number of rotatable bonds is 7. The summed E-state index contributed by atoms with van der Waals surface area (Å²) in [6, 6.07) is 8.58. The number of fused-ring (bicyclic) bond motifs is 1. The van der Waals surface area contributed by atoms with Crippen molar-refractivity contribution >= 4 is 10.9 Å². The number of hydrogen-bond donors (Lipinski definition) is 2. The third kappa shape index (κ3) is 3.12. The van der Waals surface area contributed by atoms with Gasteiger partial charge in [0, 0.05) is 30.7 Å². The third-order valence-corrected chi connectivity index (χ3v) is 3.33. The zero-order valence-corrected chi connectivity index (χ0v) is 11.4. The van der Waals surface area contributed by atoms with E-state index in [-0.39, 0.29) is 0 Å². The van der Waals surface area contributed by atoms with E-state index in [1.165, 1.54) is 29.3 Å². The van der Waals surface area contributed by atoms with Crippen molar-refractivity contribution < 1.29 is 0 Å². The van der Waals surface area contributed by atoms with Crippen LogP contribution in [0, 0.1) is 0 Å². The Balaban J connectivity index is 1.88. The van der Waals surface area contributed by atoms with Gasteiger partial charge in [-0.05, 0) is 44.6 Å². The molecule has 0 saturated carbocycles. The third-order valence-electron chi connectivity index (χ3n) is 3.33. The van der Waals surface area contributed by atoms with E-state index in [4.69, 9.17) is 0 Å². The van der Waals surface area contributed by atoms with Crippen molar-refractivity contribution in [1.82, 2.24) is 15.2 Å². The molecule has 3 heteroatoms. The monoisotopic (exact) mass is 245 g/mol. The number of nitrogens with one attached hydrogen (secondary N) is 2. The Bertz CT molecular complexity index is 487. The molecule has 1 aromatic heterocycles. The Morgan fingerprint density at radius 1 is 1.11 bits per heavy atom. The Hall–Kier alpha value is -1.32. The summed E-state index contributed by atoms with van der Waals surface area (Å²) in [6.07, 6.45) is 4.69. The Morgan fingerprint density at radius 2 is 1.89 bits per heavy atom. The Kier molecular flexibility index (Phi) is 4.79. The van der Waals surface area contributed by atoms with Gasteiger partial charge in [-0.2, -0.15) is 0 Å². The van der Waals surface area contributed by atoms with Crippen LogP contribution in [0.3, 0.4) is 0 Å². The van der Waals surface area contributed by atoms with Gasteiger partial charge >= 0.3 is 0 Å². The first-order valence-electron chi connectivity index (χ1n) is 6.71. The molecule has 0 aliphatic heterocycles. The van der Waals surface area contributed by atoms with Crippen LogP contribution >= 0.6 is 0 Å². The molecule has 0 aliphatic carbocycles. The van der Waals surface area contributed by atoms with Crippen molar-refractivity contribution in [3.8, 4) is 0 Å². The second-order valence-corrected chi connectivity index (χ2v) is 4.77. The van der Waals surface area contributed by atoms with Gasteiger partial charge < -0.3 is 15.2 Å². The maximum Gasteiger partial charge on any atom is 0.0481 e. The molecule has 0 saturated heterocycles. The van der Waals surface area contributed by atoms with Crippen molar-refractivity contribution in [2.75, 3.05) is 20.1 Å². The number of benzene rings is 1. The van der Waals surface area contributed by atoms with Crippen LogP contribution in [0.25, 0.3) is 10.9 Å². The largest absolute Gasteiger partial charge is 0.350 e. The summed E-state index contributed by atoms with van der Waals surface area (Å²) in [5, 5.41) is 8.06. The van der Waals surface area contributed by atoms with Crippen LogP contribution < -0.4 is 10.6 Å². The smallest absolute Gasteiger partial charge is 0.0481 e. The minimum absolute atomic E-state index is 0.959. The molecule has 18 heavy (non-hydrogen) atoms. The van der Waals surface area contributed by atoms with Gasteiger partial charge in [-0.25, -0.2) is 0 Å². The average Bonchev–Trinajstić information content (AvgIpc) is 2.71. The van der Waals surface area contributed by atoms with E-state index in [0.717, 1.165) is 19.6 Å². The minimum Gasteiger partial charge on any atom is -0.350 e. The number of aromatic nitrogens is 1. The number of hydrogen-bond acceptors (Lipinski definition) is 2. The van der Waals surface area contributed by atoms with Crippen molar-refractivity contribution in [2.45, 2.75) is 19.4 Å². The lowest BCUT2D eigenvalue weighted by Crippen LogP contribution is -2.16. The highest BCUT2D eigenvalue weighted by molar-refractivity contribution is 5.83. The fourth-order valence-electron chi connectivity index (χ4n) is 2.34. The predicted molar refractivity (Wildman–Crippen MR) is 77.8 cm³/mol. The molecule has 0 radical (unpaired) electrons. The van der Waals surface area contributed by atoms with Gasteiger partial charge in [0.15, 0.2) is 0 Å². The average molecular weight is 245 g/mol. The van der Waals surface area contributed by atoms with E-state index in [2.05, 4.69) is 52.7 Å². The van der Waals surface area contributed by atoms with E-state index in [0.29, 0.717) is 0 Å². The van der Waals surface area contributed by atoms with Gasteiger partial charge in [-0.15, -0.1) is 0 Å². The molecule has 0 atom stereocenters. The van der Waals surface area contributed by atoms with Gasteiger partial charge in [0.25, 0.3) is 0 Å². The van der Waals surface area contributed by atoms with Gasteiger partial charge in [-0.1, -0.05) is 18.2 Å². The molecule has 98 valence electrons. The molecule has 0 bridgehead atoms. The van der Waals surface area contributed by atoms with Crippen molar-refractivity contribution in [3.63, 3.8) is 0 Å². The highest BCUT2D eigenvalue weighted by Gasteiger charge is 2.04. The van der Waals surface area contributed by atoms with Gasteiger partial charge in [0.2, 0.25) is 0 Å². The summed E-state index contributed by atoms with van der Waals surface area (Å²) in [4.78, 5) is 0. The van der Waals surface area contributed by atoms with Crippen LogP contribution in [-0.2, 0) is 13.6 Å². The molecule has 3 nitrogen and oxygen atoms in total. The molecule has 2 N–H and O–H groups in total. The summed E-state index contributed by atoms with van der Waals surface area (Å²) in [7, 11) is 4.11. The van der Waals surface area contributed by atoms with Gasteiger partial charge in [0.05, 0.1) is 0 Å². The lowest BCUT2D eigenvalue weighted by molar-refractivity contribution is 0.606. The van der Waals surface area contributed by atoms with Crippen molar-refractivity contribution in [1.29, 1.82) is 0 Å².